The van der Waals surface area contributed by atoms with E-state index in [2.05, 4.69) is 158 Å². The minimum Gasteiger partial charge on any atom is -0.367 e. The van der Waals surface area contributed by atoms with Crippen molar-refractivity contribution < 1.29 is 0 Å². The SMILES string of the molecule is CCN(Cc1ccccc1)c1cccc(CCc2ccc(N(c3ccc(C)cc3)c3ccc(C)cc3)cc2)c1. The first-order chi connectivity index (χ1) is 19.1. The molecule has 39 heavy (non-hydrogen) atoms. The van der Waals surface area contributed by atoms with Gasteiger partial charge in [-0.3, -0.25) is 0 Å². The minimum atomic E-state index is 0.931. The zero-order valence-corrected chi connectivity index (χ0v) is 23.3. The van der Waals surface area contributed by atoms with Crippen molar-refractivity contribution in [1.82, 2.24) is 0 Å². The van der Waals surface area contributed by atoms with E-state index < -0.39 is 0 Å². The second-order valence-corrected chi connectivity index (χ2v) is 10.3. The molecule has 5 rings (SSSR count). The van der Waals surface area contributed by atoms with Crippen molar-refractivity contribution in [3.8, 4) is 0 Å². The molecule has 0 aliphatic heterocycles. The lowest BCUT2D eigenvalue weighted by atomic mass is 10.0. The maximum Gasteiger partial charge on any atom is 0.0461 e. The van der Waals surface area contributed by atoms with Gasteiger partial charge in [0.2, 0.25) is 0 Å². The summed E-state index contributed by atoms with van der Waals surface area (Å²) >= 11 is 0. The van der Waals surface area contributed by atoms with Gasteiger partial charge in [-0.2, -0.15) is 0 Å². The number of benzene rings is 5. The summed E-state index contributed by atoms with van der Waals surface area (Å²) in [7, 11) is 0. The number of aryl methyl sites for hydroxylation is 4. The smallest absolute Gasteiger partial charge is 0.0461 e. The van der Waals surface area contributed by atoms with Crippen LogP contribution in [0.1, 0.15) is 34.7 Å². The third-order valence-corrected chi connectivity index (χ3v) is 7.35. The largest absolute Gasteiger partial charge is 0.367 e. The molecule has 5 aromatic rings. The van der Waals surface area contributed by atoms with Crippen LogP contribution >= 0.6 is 0 Å². The summed E-state index contributed by atoms with van der Waals surface area (Å²) in [5, 5.41) is 0. The Balaban J connectivity index is 1.30. The summed E-state index contributed by atoms with van der Waals surface area (Å²) < 4.78 is 0. The maximum atomic E-state index is 2.44. The highest BCUT2D eigenvalue weighted by molar-refractivity contribution is 5.76. The van der Waals surface area contributed by atoms with Gasteiger partial charge in [0, 0.05) is 35.8 Å². The van der Waals surface area contributed by atoms with E-state index in [4.69, 9.17) is 0 Å². The third kappa shape index (κ3) is 6.78. The Hall–Kier alpha value is -4.30. The molecule has 0 spiro atoms. The predicted molar refractivity (Wildman–Crippen MR) is 168 cm³/mol. The molecule has 0 aliphatic carbocycles. The van der Waals surface area contributed by atoms with Crippen LogP contribution in [-0.4, -0.2) is 6.54 Å². The normalized spacial score (nSPS) is 10.8. The van der Waals surface area contributed by atoms with Gasteiger partial charge in [-0.05, 0) is 98.8 Å². The van der Waals surface area contributed by atoms with Crippen LogP contribution in [0.5, 0.6) is 0 Å². The van der Waals surface area contributed by atoms with Crippen molar-refractivity contribution in [2.24, 2.45) is 0 Å². The number of rotatable bonds is 10. The Kier molecular flexibility index (Phi) is 8.43. The van der Waals surface area contributed by atoms with E-state index in [0.29, 0.717) is 0 Å². The maximum absolute atomic E-state index is 2.44. The zero-order chi connectivity index (χ0) is 27.0. The van der Waals surface area contributed by atoms with E-state index in [1.807, 2.05) is 0 Å². The Bertz CT molecular complexity index is 1410. The number of nitrogens with zero attached hydrogens (tertiary/aromatic N) is 2. The molecule has 5 aromatic carbocycles. The Labute approximate surface area is 234 Å². The molecular formula is C37H38N2. The second kappa shape index (κ2) is 12.5. The highest BCUT2D eigenvalue weighted by Gasteiger charge is 2.12. The molecule has 0 aromatic heterocycles. The van der Waals surface area contributed by atoms with Crippen LogP contribution in [0.3, 0.4) is 0 Å². The first-order valence-corrected chi connectivity index (χ1v) is 14.0. The summed E-state index contributed by atoms with van der Waals surface area (Å²) in [5.41, 5.74) is 11.4. The molecule has 0 unspecified atom stereocenters. The molecule has 0 aliphatic rings. The van der Waals surface area contributed by atoms with Crippen LogP contribution in [0.2, 0.25) is 0 Å². The van der Waals surface area contributed by atoms with Gasteiger partial charge in [-0.25, -0.2) is 0 Å². The number of hydrogen-bond acceptors (Lipinski definition) is 2. The lowest BCUT2D eigenvalue weighted by molar-refractivity contribution is 0.829. The van der Waals surface area contributed by atoms with Crippen molar-refractivity contribution in [3.05, 3.63) is 155 Å². The molecule has 0 amide bonds. The van der Waals surface area contributed by atoms with Gasteiger partial charge in [-0.1, -0.05) is 90.0 Å². The van der Waals surface area contributed by atoms with Crippen molar-refractivity contribution in [2.45, 2.75) is 40.2 Å². The molecule has 0 saturated heterocycles. The van der Waals surface area contributed by atoms with Gasteiger partial charge >= 0.3 is 0 Å². The van der Waals surface area contributed by atoms with Crippen LogP contribution < -0.4 is 9.80 Å². The lowest BCUT2D eigenvalue weighted by Gasteiger charge is -2.26. The van der Waals surface area contributed by atoms with Crippen molar-refractivity contribution in [2.75, 3.05) is 16.3 Å². The third-order valence-electron chi connectivity index (χ3n) is 7.35. The fourth-order valence-corrected chi connectivity index (χ4v) is 5.03. The van der Waals surface area contributed by atoms with Crippen molar-refractivity contribution in [1.29, 1.82) is 0 Å². The fourth-order valence-electron chi connectivity index (χ4n) is 5.03. The Morgan fingerprint density at radius 1 is 0.462 bits per heavy atom. The lowest BCUT2D eigenvalue weighted by Crippen LogP contribution is -2.22. The van der Waals surface area contributed by atoms with E-state index in [-0.39, 0.29) is 0 Å². The van der Waals surface area contributed by atoms with Crippen molar-refractivity contribution in [3.63, 3.8) is 0 Å². The Morgan fingerprint density at radius 3 is 1.54 bits per heavy atom. The first-order valence-electron chi connectivity index (χ1n) is 14.0. The van der Waals surface area contributed by atoms with E-state index in [0.717, 1.165) is 25.9 Å². The van der Waals surface area contributed by atoms with Gasteiger partial charge in [0.1, 0.15) is 0 Å². The van der Waals surface area contributed by atoms with Crippen LogP contribution in [0.15, 0.2) is 127 Å². The van der Waals surface area contributed by atoms with Gasteiger partial charge in [-0.15, -0.1) is 0 Å². The molecule has 0 saturated carbocycles. The van der Waals surface area contributed by atoms with Crippen LogP contribution in [0.25, 0.3) is 0 Å². The quantitative estimate of drug-likeness (QED) is 0.184. The van der Waals surface area contributed by atoms with E-state index in [9.17, 15) is 0 Å². The highest BCUT2D eigenvalue weighted by atomic mass is 15.1. The van der Waals surface area contributed by atoms with E-state index in [1.165, 1.54) is 50.6 Å². The number of hydrogen-bond donors (Lipinski definition) is 0. The minimum absolute atomic E-state index is 0.931. The molecule has 0 N–H and O–H groups in total. The topological polar surface area (TPSA) is 6.48 Å². The summed E-state index contributed by atoms with van der Waals surface area (Å²) in [6, 6.07) is 46.4. The molecule has 0 bridgehead atoms. The van der Waals surface area contributed by atoms with Crippen LogP contribution in [0.4, 0.5) is 22.7 Å². The van der Waals surface area contributed by atoms with Crippen molar-refractivity contribution >= 4 is 22.7 Å². The summed E-state index contributed by atoms with van der Waals surface area (Å²) in [6.45, 7) is 8.41. The number of anilines is 4. The summed E-state index contributed by atoms with van der Waals surface area (Å²) in [6.07, 6.45) is 2.04. The zero-order valence-electron chi connectivity index (χ0n) is 23.3. The van der Waals surface area contributed by atoms with Gasteiger partial charge < -0.3 is 9.80 Å². The Morgan fingerprint density at radius 2 is 0.974 bits per heavy atom. The molecule has 2 heteroatoms. The monoisotopic (exact) mass is 510 g/mol. The van der Waals surface area contributed by atoms with E-state index >= 15 is 0 Å². The molecule has 0 radical (unpaired) electrons. The molecule has 0 fully saturated rings. The van der Waals surface area contributed by atoms with Gasteiger partial charge in [0.05, 0.1) is 0 Å². The average molecular weight is 511 g/mol. The van der Waals surface area contributed by atoms with Crippen LogP contribution in [0, 0.1) is 13.8 Å². The standard InChI is InChI=1S/C37H38N2/c1-4-38(28-33-9-6-5-7-10-33)37-12-8-11-32(27-37)18-17-31-19-25-36(26-20-31)39(34-21-13-29(2)14-22-34)35-23-15-30(3)16-24-35/h5-16,19-27H,4,17-18,28H2,1-3H3. The molecule has 0 heterocycles. The summed E-state index contributed by atoms with van der Waals surface area (Å²) in [5.74, 6) is 0. The second-order valence-electron chi connectivity index (χ2n) is 10.3. The van der Waals surface area contributed by atoms with E-state index in [1.54, 1.807) is 0 Å². The molecular weight excluding hydrogens is 472 g/mol. The van der Waals surface area contributed by atoms with Crippen LogP contribution in [-0.2, 0) is 19.4 Å². The highest BCUT2D eigenvalue weighted by Crippen LogP contribution is 2.35. The summed E-state index contributed by atoms with van der Waals surface area (Å²) in [4.78, 5) is 4.77. The predicted octanol–water partition coefficient (Wildman–Crippen LogP) is 9.58. The van der Waals surface area contributed by atoms with Gasteiger partial charge in [0.25, 0.3) is 0 Å². The molecule has 2 nitrogen and oxygen atoms in total. The first kappa shape index (κ1) is 26.3. The average Bonchev–Trinajstić information content (AvgIpc) is 2.98. The fraction of sp³-hybridized carbons (Fsp3) is 0.189. The van der Waals surface area contributed by atoms with Gasteiger partial charge in [0.15, 0.2) is 0 Å². The molecule has 0 atom stereocenters. The molecule has 196 valence electrons.